The van der Waals surface area contributed by atoms with E-state index in [0.29, 0.717) is 5.76 Å². The smallest absolute Gasteiger partial charge is 0.223 e. The van der Waals surface area contributed by atoms with Crippen LogP contribution in [0.4, 0.5) is 0 Å². The lowest BCUT2D eigenvalue weighted by atomic mass is 10.3. The fourth-order valence-corrected chi connectivity index (χ4v) is 8.14. The van der Waals surface area contributed by atoms with Crippen LogP contribution in [0.5, 0.6) is 0 Å². The first-order valence-corrected chi connectivity index (χ1v) is 10.6. The molecule has 4 rings (SSSR count). The molecule has 0 aliphatic rings. The zero-order valence-corrected chi connectivity index (χ0v) is 15.2. The lowest BCUT2D eigenvalue weighted by Gasteiger charge is -2.31. The Morgan fingerprint density at radius 3 is 1.35 bits per heavy atom. The molecule has 2 nitrogen and oxygen atoms in total. The molecule has 0 unspecified atom stereocenters. The van der Waals surface area contributed by atoms with Gasteiger partial charge in [-0.25, -0.2) is 0 Å². The van der Waals surface area contributed by atoms with Gasteiger partial charge in [0.05, 0.1) is 5.38 Å². The summed E-state index contributed by atoms with van der Waals surface area (Å²) in [7, 11) is -2.62. The van der Waals surface area contributed by atoms with E-state index >= 15 is 0 Å². The van der Waals surface area contributed by atoms with Crippen LogP contribution in [-0.2, 0) is 0 Å². The van der Waals surface area contributed by atoms with Gasteiger partial charge in [-0.1, -0.05) is 91.0 Å². The second-order valence-corrected chi connectivity index (χ2v) is 9.89. The molecule has 3 heteroatoms. The van der Waals surface area contributed by atoms with Crippen molar-refractivity contribution in [3.05, 3.63) is 109 Å². The molecule has 0 atom stereocenters. The predicted octanol–water partition coefficient (Wildman–Crippen LogP) is 2.47. The number of carbonyl (C=O) groups is 1. The molecule has 26 heavy (non-hydrogen) atoms. The van der Waals surface area contributed by atoms with Crippen LogP contribution in [0.3, 0.4) is 0 Å². The zero-order chi connectivity index (χ0) is 17.8. The molecule has 0 bridgehead atoms. The largest absolute Gasteiger partial charge is 0.462 e. The van der Waals surface area contributed by atoms with Crippen molar-refractivity contribution in [1.29, 1.82) is 0 Å². The molecule has 0 amide bonds. The molecule has 0 radical (unpaired) electrons. The number of carbonyl (C=O) groups excluding carboxylic acids is 1. The van der Waals surface area contributed by atoms with Crippen LogP contribution in [-0.4, -0.2) is 14.4 Å². The fraction of sp³-hybridized carbons (Fsp3) is 0. The molecule has 0 N–H and O–H groups in total. The van der Waals surface area contributed by atoms with E-state index in [1.54, 1.807) is 6.07 Å². The Labute approximate surface area is 153 Å². The van der Waals surface area contributed by atoms with Gasteiger partial charge in [0.15, 0.2) is 12.0 Å². The Hall–Kier alpha value is -3.17. The highest BCUT2D eigenvalue weighted by atomic mass is 28.3. The summed E-state index contributed by atoms with van der Waals surface area (Å²) >= 11 is 0. The fourth-order valence-electron chi connectivity index (χ4n) is 3.61. The van der Waals surface area contributed by atoms with Crippen LogP contribution >= 0.6 is 0 Å². The maximum absolute atomic E-state index is 11.3. The van der Waals surface area contributed by atoms with Crippen LogP contribution < -0.4 is 20.9 Å². The van der Waals surface area contributed by atoms with E-state index in [-0.39, 0.29) is 0 Å². The third-order valence-electron chi connectivity index (χ3n) is 4.73. The average Bonchev–Trinajstić information content (AvgIpc) is 3.21. The van der Waals surface area contributed by atoms with Crippen LogP contribution in [0, 0.1) is 0 Å². The summed E-state index contributed by atoms with van der Waals surface area (Å²) in [6.45, 7) is 0. The van der Waals surface area contributed by atoms with Crippen LogP contribution in [0.15, 0.2) is 108 Å². The SMILES string of the molecule is O=Cc1ccc([Si](c2ccccc2)(c2ccccc2)c2ccccc2)o1. The van der Waals surface area contributed by atoms with Crippen LogP contribution in [0.2, 0.25) is 0 Å². The third-order valence-corrected chi connectivity index (χ3v) is 9.34. The van der Waals surface area contributed by atoms with Gasteiger partial charge in [0.25, 0.3) is 0 Å². The predicted molar refractivity (Wildman–Crippen MR) is 108 cm³/mol. The average molecular weight is 354 g/mol. The number of benzene rings is 3. The molecule has 0 aliphatic carbocycles. The number of hydrogen-bond donors (Lipinski definition) is 0. The Kier molecular flexibility index (Phi) is 4.38. The van der Waals surface area contributed by atoms with E-state index < -0.39 is 8.07 Å². The maximum atomic E-state index is 11.3. The van der Waals surface area contributed by atoms with Gasteiger partial charge < -0.3 is 4.42 Å². The lowest BCUT2D eigenvalue weighted by Crippen LogP contribution is -2.74. The molecule has 1 aromatic heterocycles. The van der Waals surface area contributed by atoms with E-state index in [0.717, 1.165) is 11.7 Å². The van der Waals surface area contributed by atoms with E-state index in [9.17, 15) is 4.79 Å². The second kappa shape index (κ2) is 6.98. The Bertz CT molecular complexity index is 895. The minimum absolute atomic E-state index is 0.361. The summed E-state index contributed by atoms with van der Waals surface area (Å²) < 4.78 is 6.06. The Morgan fingerprint density at radius 2 is 1.00 bits per heavy atom. The number of rotatable bonds is 5. The van der Waals surface area contributed by atoms with Crippen molar-refractivity contribution in [3.63, 3.8) is 0 Å². The van der Waals surface area contributed by atoms with Gasteiger partial charge in [-0.15, -0.1) is 0 Å². The first-order valence-electron chi connectivity index (χ1n) is 8.58. The van der Waals surface area contributed by atoms with Crippen LogP contribution in [0.25, 0.3) is 0 Å². The number of hydrogen-bond acceptors (Lipinski definition) is 2. The molecule has 1 heterocycles. The minimum Gasteiger partial charge on any atom is -0.462 e. The highest BCUT2D eigenvalue weighted by Gasteiger charge is 2.44. The summed E-state index contributed by atoms with van der Waals surface area (Å²) in [6.07, 6.45) is 0.767. The van der Waals surface area contributed by atoms with E-state index in [2.05, 4.69) is 72.8 Å². The van der Waals surface area contributed by atoms with Crippen molar-refractivity contribution in [3.8, 4) is 0 Å². The van der Waals surface area contributed by atoms with Gasteiger partial charge in [0.2, 0.25) is 8.07 Å². The van der Waals surface area contributed by atoms with Gasteiger partial charge in [-0.2, -0.15) is 0 Å². The minimum atomic E-state index is -2.62. The molecule has 4 aromatic rings. The topological polar surface area (TPSA) is 30.2 Å². The molecule has 126 valence electrons. The summed E-state index contributed by atoms with van der Waals surface area (Å²) in [5.74, 6) is 0.361. The molecule has 0 fully saturated rings. The molecule has 3 aromatic carbocycles. The normalized spacial score (nSPS) is 11.2. The van der Waals surface area contributed by atoms with Crippen LogP contribution in [0.1, 0.15) is 10.6 Å². The molecule has 0 spiro atoms. The Morgan fingerprint density at radius 1 is 0.577 bits per heavy atom. The standard InChI is InChI=1S/C23H18O2Si/c24-18-19-16-17-23(25-19)26(20-10-4-1-5-11-20,21-12-6-2-7-13-21)22-14-8-3-9-15-22/h1-18H. The number of furan rings is 1. The highest BCUT2D eigenvalue weighted by molar-refractivity contribution is 7.19. The third kappa shape index (κ3) is 2.63. The summed E-state index contributed by atoms with van der Waals surface area (Å²) in [5, 5.41) is 4.54. The van der Waals surface area contributed by atoms with Crippen molar-refractivity contribution in [1.82, 2.24) is 0 Å². The molecule has 0 aliphatic heterocycles. The van der Waals surface area contributed by atoms with Gasteiger partial charge in [0, 0.05) is 0 Å². The monoisotopic (exact) mass is 354 g/mol. The van der Waals surface area contributed by atoms with Crippen molar-refractivity contribution in [2.45, 2.75) is 0 Å². The van der Waals surface area contributed by atoms with E-state index in [1.807, 2.05) is 24.3 Å². The zero-order valence-electron chi connectivity index (χ0n) is 14.2. The first kappa shape index (κ1) is 16.3. The summed E-state index contributed by atoms with van der Waals surface area (Å²) in [6, 6.07) is 35.1. The van der Waals surface area contributed by atoms with Gasteiger partial charge in [0.1, 0.15) is 0 Å². The maximum Gasteiger partial charge on any atom is 0.223 e. The van der Waals surface area contributed by atoms with Crippen molar-refractivity contribution in [2.75, 3.05) is 0 Å². The van der Waals surface area contributed by atoms with Crippen molar-refractivity contribution >= 4 is 35.3 Å². The molecule has 0 saturated carbocycles. The number of aldehydes is 1. The van der Waals surface area contributed by atoms with E-state index in [4.69, 9.17) is 4.42 Å². The molecule has 0 saturated heterocycles. The lowest BCUT2D eigenvalue weighted by molar-refractivity contribution is 0.110. The second-order valence-electron chi connectivity index (χ2n) is 6.17. The molecular weight excluding hydrogens is 336 g/mol. The van der Waals surface area contributed by atoms with Gasteiger partial charge in [-0.05, 0) is 27.7 Å². The van der Waals surface area contributed by atoms with Gasteiger partial charge >= 0.3 is 0 Å². The summed E-state index contributed by atoms with van der Waals surface area (Å²) in [4.78, 5) is 11.3. The quantitative estimate of drug-likeness (QED) is 0.313. The Balaban J connectivity index is 2.12. The van der Waals surface area contributed by atoms with Crippen molar-refractivity contribution < 1.29 is 9.21 Å². The van der Waals surface area contributed by atoms with Gasteiger partial charge in [-0.3, -0.25) is 4.79 Å². The highest BCUT2D eigenvalue weighted by Crippen LogP contribution is 2.10. The molecular formula is C23H18O2Si. The summed E-state index contributed by atoms with van der Waals surface area (Å²) in [5.41, 5.74) is 0. The van der Waals surface area contributed by atoms with Crippen molar-refractivity contribution in [2.24, 2.45) is 0 Å². The first-order chi connectivity index (χ1) is 12.9. The van der Waals surface area contributed by atoms with E-state index in [1.165, 1.54) is 15.6 Å².